The van der Waals surface area contributed by atoms with Gasteiger partial charge in [0.15, 0.2) is 0 Å². The Morgan fingerprint density at radius 1 is 1.19 bits per heavy atom. The van der Waals surface area contributed by atoms with Gasteiger partial charge in [0.25, 0.3) is 5.91 Å². The van der Waals surface area contributed by atoms with Crippen LogP contribution >= 0.6 is 11.3 Å². The molecular weight excluding hydrogens is 382 g/mol. The van der Waals surface area contributed by atoms with E-state index in [2.05, 4.69) is 5.32 Å². The quantitative estimate of drug-likeness (QED) is 0.833. The van der Waals surface area contributed by atoms with Crippen LogP contribution in [0.25, 0.3) is 0 Å². The third kappa shape index (κ3) is 3.36. The summed E-state index contributed by atoms with van der Waals surface area (Å²) in [5, 5.41) is 3.03. The Morgan fingerprint density at radius 3 is 2.44 bits per heavy atom. The van der Waals surface area contributed by atoms with Crippen LogP contribution < -0.4 is 5.32 Å². The number of amidine groups is 1. The van der Waals surface area contributed by atoms with Gasteiger partial charge in [-0.2, -0.15) is 4.31 Å². The highest BCUT2D eigenvalue weighted by Gasteiger charge is 2.48. The van der Waals surface area contributed by atoms with Crippen molar-refractivity contribution in [2.75, 3.05) is 13.1 Å². The van der Waals surface area contributed by atoms with Gasteiger partial charge in [0.05, 0.1) is 4.90 Å². The molecule has 0 aromatic carbocycles. The molecule has 3 heterocycles. The van der Waals surface area contributed by atoms with Crippen LogP contribution in [0.1, 0.15) is 54.7 Å². The summed E-state index contributed by atoms with van der Waals surface area (Å²) in [6, 6.07) is 1.75. The van der Waals surface area contributed by atoms with Gasteiger partial charge in [0.1, 0.15) is 11.4 Å². The summed E-state index contributed by atoms with van der Waals surface area (Å²) in [6.45, 7) is 4.45. The van der Waals surface area contributed by atoms with Gasteiger partial charge in [0.2, 0.25) is 10.0 Å². The van der Waals surface area contributed by atoms with Crippen molar-refractivity contribution in [1.29, 1.82) is 0 Å². The first kappa shape index (κ1) is 19.1. The Balaban J connectivity index is 1.50. The predicted octanol–water partition coefficient (Wildman–Crippen LogP) is 3.00. The van der Waals surface area contributed by atoms with Gasteiger partial charge in [-0.05, 0) is 45.6 Å². The summed E-state index contributed by atoms with van der Waals surface area (Å²) in [7, 11) is -3.51. The van der Waals surface area contributed by atoms with E-state index in [1.807, 2.05) is 13.8 Å². The first-order chi connectivity index (χ1) is 12.8. The SMILES string of the molecule is Cc1cc(S(=O)(=O)N2CCC3(CC2)N=C(C2CCCCC2)NC3=O)c(C)s1. The van der Waals surface area contributed by atoms with Crippen molar-refractivity contribution in [3.8, 4) is 0 Å². The van der Waals surface area contributed by atoms with Crippen molar-refractivity contribution in [2.45, 2.75) is 69.2 Å². The van der Waals surface area contributed by atoms with Crippen LogP contribution in [-0.4, -0.2) is 43.1 Å². The Labute approximate surface area is 165 Å². The van der Waals surface area contributed by atoms with Gasteiger partial charge >= 0.3 is 0 Å². The zero-order chi connectivity index (χ0) is 19.2. The monoisotopic (exact) mass is 409 g/mol. The fraction of sp³-hybridized carbons (Fsp3) is 0.684. The topological polar surface area (TPSA) is 78.8 Å². The molecule has 6 nitrogen and oxygen atoms in total. The lowest BCUT2D eigenvalue weighted by Gasteiger charge is -2.34. The molecule has 1 N–H and O–H groups in total. The van der Waals surface area contributed by atoms with E-state index in [4.69, 9.17) is 4.99 Å². The van der Waals surface area contributed by atoms with Gasteiger partial charge in [0, 0.05) is 28.8 Å². The maximum Gasteiger partial charge on any atom is 0.253 e. The second-order valence-corrected chi connectivity index (χ2v) is 11.4. The van der Waals surface area contributed by atoms with Gasteiger partial charge in [-0.25, -0.2) is 8.42 Å². The molecule has 1 saturated carbocycles. The number of hydrogen-bond acceptors (Lipinski definition) is 5. The Hall–Kier alpha value is -1.25. The summed E-state index contributed by atoms with van der Waals surface area (Å²) in [5.74, 6) is 1.17. The number of rotatable bonds is 3. The van der Waals surface area contributed by atoms with Crippen molar-refractivity contribution >= 4 is 33.1 Å². The molecule has 0 atom stereocenters. The van der Waals surface area contributed by atoms with E-state index in [9.17, 15) is 13.2 Å². The standard InChI is InChI=1S/C19H27N3O3S2/c1-13-12-16(14(2)26-13)27(24,25)22-10-8-19(9-11-22)18(23)20-17(21-19)15-6-4-3-5-7-15/h12,15H,3-11H2,1-2H3,(H,20,21,23). The number of piperidine rings is 1. The number of nitrogens with zero attached hydrogens (tertiary/aromatic N) is 2. The Morgan fingerprint density at radius 2 is 1.85 bits per heavy atom. The molecule has 1 saturated heterocycles. The third-order valence-electron chi connectivity index (χ3n) is 6.15. The van der Waals surface area contributed by atoms with Crippen LogP contribution in [0.3, 0.4) is 0 Å². The zero-order valence-corrected chi connectivity index (χ0v) is 17.6. The minimum absolute atomic E-state index is 0.0392. The second kappa shape index (κ2) is 6.97. The van der Waals surface area contributed by atoms with Crippen LogP contribution in [0, 0.1) is 19.8 Å². The van der Waals surface area contributed by atoms with E-state index in [-0.39, 0.29) is 5.91 Å². The highest BCUT2D eigenvalue weighted by molar-refractivity contribution is 7.89. The molecule has 1 amide bonds. The molecule has 0 bridgehead atoms. The smallest absolute Gasteiger partial charge is 0.253 e. The number of carbonyl (C=O) groups is 1. The zero-order valence-electron chi connectivity index (χ0n) is 16.0. The fourth-order valence-corrected chi connectivity index (χ4v) is 7.51. The van der Waals surface area contributed by atoms with Crippen LogP contribution in [0.15, 0.2) is 16.0 Å². The number of hydrogen-bond donors (Lipinski definition) is 1. The minimum atomic E-state index is -3.51. The average molecular weight is 410 g/mol. The molecule has 1 aromatic rings. The second-order valence-electron chi connectivity index (χ2n) is 8.00. The van der Waals surface area contributed by atoms with E-state index in [0.29, 0.717) is 36.7 Å². The number of nitrogens with one attached hydrogen (secondary N) is 1. The third-order valence-corrected chi connectivity index (χ3v) is 9.27. The van der Waals surface area contributed by atoms with Crippen molar-refractivity contribution in [3.05, 3.63) is 15.8 Å². The Bertz CT molecular complexity index is 874. The summed E-state index contributed by atoms with van der Waals surface area (Å²) < 4.78 is 27.6. The molecular formula is C19H27N3O3S2. The van der Waals surface area contributed by atoms with Gasteiger partial charge in [-0.3, -0.25) is 9.79 Å². The largest absolute Gasteiger partial charge is 0.312 e. The van der Waals surface area contributed by atoms with Gasteiger partial charge in [-0.15, -0.1) is 11.3 Å². The van der Waals surface area contributed by atoms with Gasteiger partial charge < -0.3 is 5.32 Å². The lowest BCUT2D eigenvalue weighted by Crippen LogP contribution is -2.50. The highest BCUT2D eigenvalue weighted by atomic mass is 32.2. The number of aryl methyl sites for hydroxylation is 2. The van der Waals surface area contributed by atoms with Crippen LogP contribution in [-0.2, 0) is 14.8 Å². The van der Waals surface area contributed by atoms with Gasteiger partial charge in [-0.1, -0.05) is 19.3 Å². The number of carbonyl (C=O) groups excluding carboxylic acids is 1. The maximum absolute atomic E-state index is 13.0. The Kier molecular flexibility index (Phi) is 4.93. The predicted molar refractivity (Wildman–Crippen MR) is 107 cm³/mol. The van der Waals surface area contributed by atoms with E-state index in [1.165, 1.54) is 34.9 Å². The number of thiophene rings is 1. The number of amides is 1. The molecule has 0 radical (unpaired) electrons. The van der Waals surface area contributed by atoms with Crippen LogP contribution in [0.4, 0.5) is 0 Å². The highest BCUT2D eigenvalue weighted by Crippen LogP contribution is 2.36. The molecule has 4 rings (SSSR count). The molecule has 0 unspecified atom stereocenters. The van der Waals surface area contributed by atoms with Crippen LogP contribution in [0.2, 0.25) is 0 Å². The summed E-state index contributed by atoms with van der Waals surface area (Å²) in [4.78, 5) is 19.8. The normalized spacial score (nSPS) is 24.2. The van der Waals surface area contributed by atoms with Crippen molar-refractivity contribution in [1.82, 2.24) is 9.62 Å². The summed E-state index contributed by atoms with van der Waals surface area (Å²) in [6.07, 6.45) is 6.74. The first-order valence-corrected chi connectivity index (χ1v) is 12.1. The number of aliphatic imine (C=N–C) groups is 1. The first-order valence-electron chi connectivity index (χ1n) is 9.80. The van der Waals surface area contributed by atoms with Crippen LogP contribution in [0.5, 0.6) is 0 Å². The molecule has 2 fully saturated rings. The van der Waals surface area contributed by atoms with Crippen molar-refractivity contribution in [2.24, 2.45) is 10.9 Å². The maximum atomic E-state index is 13.0. The molecule has 27 heavy (non-hydrogen) atoms. The van der Waals surface area contributed by atoms with Crippen molar-refractivity contribution in [3.63, 3.8) is 0 Å². The molecule has 148 valence electrons. The fourth-order valence-electron chi connectivity index (χ4n) is 4.55. The van der Waals surface area contributed by atoms with E-state index in [0.717, 1.165) is 28.4 Å². The molecule has 1 spiro atoms. The summed E-state index contributed by atoms with van der Waals surface area (Å²) in [5.41, 5.74) is -0.765. The molecule has 1 aromatic heterocycles. The van der Waals surface area contributed by atoms with Crippen molar-refractivity contribution < 1.29 is 13.2 Å². The van der Waals surface area contributed by atoms with E-state index in [1.54, 1.807) is 6.07 Å². The average Bonchev–Trinajstić information content (AvgIpc) is 3.16. The molecule has 3 aliphatic rings. The summed E-state index contributed by atoms with van der Waals surface area (Å²) >= 11 is 1.50. The molecule has 8 heteroatoms. The molecule has 1 aliphatic carbocycles. The number of sulfonamides is 1. The lowest BCUT2D eigenvalue weighted by molar-refractivity contribution is -0.125. The van der Waals surface area contributed by atoms with E-state index >= 15 is 0 Å². The molecule has 2 aliphatic heterocycles. The lowest BCUT2D eigenvalue weighted by atomic mass is 9.88. The van der Waals surface area contributed by atoms with E-state index < -0.39 is 15.6 Å². The minimum Gasteiger partial charge on any atom is -0.312 e.